The minimum absolute atomic E-state index is 0.263. The van der Waals surface area contributed by atoms with Gasteiger partial charge >= 0.3 is 0 Å². The first-order valence-electron chi connectivity index (χ1n) is 6.86. The number of halogens is 1. The van der Waals surface area contributed by atoms with Crippen LogP contribution in [0.25, 0.3) is 0 Å². The second-order valence-corrected chi connectivity index (χ2v) is 5.46. The van der Waals surface area contributed by atoms with Gasteiger partial charge in [-0.25, -0.2) is 4.39 Å². The van der Waals surface area contributed by atoms with Crippen LogP contribution >= 0.6 is 0 Å². The normalized spacial score (nSPS) is 15.3. The molecule has 1 atom stereocenters. The topological polar surface area (TPSA) is 23.5 Å². The molecule has 2 nitrogen and oxygen atoms in total. The van der Waals surface area contributed by atoms with E-state index in [1.807, 2.05) is 18.2 Å². The highest BCUT2D eigenvalue weighted by atomic mass is 19.1. The Hall–Kier alpha value is -1.87. The lowest BCUT2D eigenvalue weighted by Crippen LogP contribution is -2.17. The lowest BCUT2D eigenvalue weighted by molar-refractivity contribution is 0.199. The molecule has 20 heavy (non-hydrogen) atoms. The highest BCUT2D eigenvalue weighted by molar-refractivity contribution is 5.59. The van der Waals surface area contributed by atoms with Crippen LogP contribution in [0.15, 0.2) is 36.4 Å². The third-order valence-electron chi connectivity index (χ3n) is 3.94. The quantitative estimate of drug-likeness (QED) is 0.900. The van der Waals surface area contributed by atoms with Gasteiger partial charge in [-0.15, -0.1) is 0 Å². The predicted molar refractivity (Wildman–Crippen MR) is 78.1 cm³/mol. The molecule has 0 radical (unpaired) electrons. The molecule has 0 aliphatic carbocycles. The van der Waals surface area contributed by atoms with Crippen molar-refractivity contribution in [3.8, 4) is 0 Å². The Kier molecular flexibility index (Phi) is 3.22. The molecule has 2 aromatic carbocycles. The van der Waals surface area contributed by atoms with E-state index in [9.17, 15) is 9.50 Å². The van der Waals surface area contributed by atoms with Crippen LogP contribution in [0, 0.1) is 12.7 Å². The lowest BCUT2D eigenvalue weighted by atomic mass is 10.0. The highest BCUT2D eigenvalue weighted by Gasteiger charge is 2.23. The van der Waals surface area contributed by atoms with Gasteiger partial charge in [0.25, 0.3) is 0 Å². The largest absolute Gasteiger partial charge is 0.389 e. The number of aryl methyl sites for hydroxylation is 1. The summed E-state index contributed by atoms with van der Waals surface area (Å²) in [7, 11) is 0. The minimum Gasteiger partial charge on any atom is -0.389 e. The highest BCUT2D eigenvalue weighted by Crippen LogP contribution is 2.34. The van der Waals surface area contributed by atoms with Crippen LogP contribution in [0.3, 0.4) is 0 Å². The number of fused-ring (bicyclic) bond motifs is 1. The molecular formula is C17H18FNO. The van der Waals surface area contributed by atoms with E-state index in [0.29, 0.717) is 11.1 Å². The Labute approximate surface area is 118 Å². The SMILES string of the molecule is Cc1cc(N2Cc3ccccc3C2)c([C@H](C)O)cc1F. The van der Waals surface area contributed by atoms with Crippen LogP contribution in [0.2, 0.25) is 0 Å². The molecule has 0 spiro atoms. The smallest absolute Gasteiger partial charge is 0.126 e. The summed E-state index contributed by atoms with van der Waals surface area (Å²) in [5, 5.41) is 9.90. The second-order valence-electron chi connectivity index (χ2n) is 5.46. The van der Waals surface area contributed by atoms with Crippen LogP contribution in [0.1, 0.15) is 35.3 Å². The maximum absolute atomic E-state index is 13.7. The molecule has 104 valence electrons. The molecule has 0 fully saturated rings. The summed E-state index contributed by atoms with van der Waals surface area (Å²) >= 11 is 0. The summed E-state index contributed by atoms with van der Waals surface area (Å²) in [6.07, 6.45) is -0.677. The van der Waals surface area contributed by atoms with Crippen molar-refractivity contribution < 1.29 is 9.50 Å². The van der Waals surface area contributed by atoms with Crippen molar-refractivity contribution in [3.63, 3.8) is 0 Å². The fourth-order valence-electron chi connectivity index (χ4n) is 2.79. The predicted octanol–water partition coefficient (Wildman–Crippen LogP) is 3.71. The molecule has 0 unspecified atom stereocenters. The number of aliphatic hydroxyl groups is 1. The van der Waals surface area contributed by atoms with E-state index in [1.165, 1.54) is 17.2 Å². The van der Waals surface area contributed by atoms with Crippen LogP contribution in [0.5, 0.6) is 0 Å². The van der Waals surface area contributed by atoms with Gasteiger partial charge in [0, 0.05) is 24.3 Å². The molecule has 0 amide bonds. The van der Waals surface area contributed by atoms with E-state index in [0.717, 1.165) is 18.8 Å². The van der Waals surface area contributed by atoms with E-state index in [2.05, 4.69) is 17.0 Å². The lowest BCUT2D eigenvalue weighted by Gasteiger charge is -2.23. The van der Waals surface area contributed by atoms with Crippen molar-refractivity contribution in [2.75, 3.05) is 4.90 Å². The molecule has 2 aromatic rings. The van der Waals surface area contributed by atoms with Crippen molar-refractivity contribution in [2.24, 2.45) is 0 Å². The minimum atomic E-state index is -0.677. The standard InChI is InChI=1S/C17H18FNO/c1-11-7-17(15(12(2)20)8-16(11)18)19-9-13-5-3-4-6-14(13)10-19/h3-8,12,20H,9-10H2,1-2H3/t12-/m0/s1. The van der Waals surface area contributed by atoms with Crippen LogP contribution in [-0.2, 0) is 13.1 Å². The number of nitrogens with zero attached hydrogens (tertiary/aromatic N) is 1. The van der Waals surface area contributed by atoms with E-state index in [4.69, 9.17) is 0 Å². The molecular weight excluding hydrogens is 253 g/mol. The zero-order valence-corrected chi connectivity index (χ0v) is 11.7. The van der Waals surface area contributed by atoms with Crippen molar-refractivity contribution in [1.29, 1.82) is 0 Å². The molecule has 0 bridgehead atoms. The number of aliphatic hydroxyl groups excluding tert-OH is 1. The molecule has 1 aliphatic rings. The summed E-state index contributed by atoms with van der Waals surface area (Å²) in [6.45, 7) is 5.05. The van der Waals surface area contributed by atoms with Crippen LogP contribution in [-0.4, -0.2) is 5.11 Å². The van der Waals surface area contributed by atoms with Crippen molar-refractivity contribution >= 4 is 5.69 Å². The Morgan fingerprint density at radius 3 is 2.30 bits per heavy atom. The zero-order valence-electron chi connectivity index (χ0n) is 11.7. The Morgan fingerprint density at radius 1 is 1.15 bits per heavy atom. The number of rotatable bonds is 2. The van der Waals surface area contributed by atoms with Gasteiger partial charge in [-0.2, -0.15) is 0 Å². The fraction of sp³-hybridized carbons (Fsp3) is 0.294. The second kappa shape index (κ2) is 4.91. The maximum atomic E-state index is 13.7. The molecule has 0 saturated heterocycles. The summed E-state index contributed by atoms with van der Waals surface area (Å²) in [5.41, 5.74) is 4.79. The van der Waals surface area contributed by atoms with E-state index in [-0.39, 0.29) is 5.82 Å². The molecule has 0 saturated carbocycles. The third kappa shape index (κ3) is 2.18. The Bertz CT molecular complexity index is 626. The van der Waals surface area contributed by atoms with E-state index >= 15 is 0 Å². The molecule has 3 heteroatoms. The van der Waals surface area contributed by atoms with Gasteiger partial charge in [-0.1, -0.05) is 24.3 Å². The number of hydrogen-bond acceptors (Lipinski definition) is 2. The summed E-state index contributed by atoms with van der Waals surface area (Å²) in [6, 6.07) is 11.6. The number of hydrogen-bond donors (Lipinski definition) is 1. The van der Waals surface area contributed by atoms with Gasteiger partial charge in [0.15, 0.2) is 0 Å². The summed E-state index contributed by atoms with van der Waals surface area (Å²) in [4.78, 5) is 2.19. The van der Waals surface area contributed by atoms with Crippen molar-refractivity contribution in [1.82, 2.24) is 0 Å². The van der Waals surface area contributed by atoms with Gasteiger partial charge < -0.3 is 10.0 Å². The van der Waals surface area contributed by atoms with Gasteiger partial charge in [-0.3, -0.25) is 0 Å². The first kappa shape index (κ1) is 13.1. The van der Waals surface area contributed by atoms with Crippen molar-refractivity contribution in [3.05, 3.63) is 64.5 Å². The van der Waals surface area contributed by atoms with E-state index < -0.39 is 6.10 Å². The fourth-order valence-corrected chi connectivity index (χ4v) is 2.79. The van der Waals surface area contributed by atoms with Gasteiger partial charge in [-0.05, 0) is 42.7 Å². The number of benzene rings is 2. The average molecular weight is 271 g/mol. The van der Waals surface area contributed by atoms with Gasteiger partial charge in [0.2, 0.25) is 0 Å². The summed E-state index contributed by atoms with van der Waals surface area (Å²) in [5.74, 6) is -0.263. The number of anilines is 1. The monoisotopic (exact) mass is 271 g/mol. The average Bonchev–Trinajstić information content (AvgIpc) is 2.84. The third-order valence-corrected chi connectivity index (χ3v) is 3.94. The molecule has 1 aliphatic heterocycles. The molecule has 3 rings (SSSR count). The van der Waals surface area contributed by atoms with E-state index in [1.54, 1.807) is 13.8 Å². The summed E-state index contributed by atoms with van der Waals surface area (Å²) < 4.78 is 13.7. The maximum Gasteiger partial charge on any atom is 0.126 e. The van der Waals surface area contributed by atoms with Crippen molar-refractivity contribution in [2.45, 2.75) is 33.0 Å². The van der Waals surface area contributed by atoms with Gasteiger partial charge in [0.05, 0.1) is 6.10 Å². The van der Waals surface area contributed by atoms with Crippen LogP contribution in [0.4, 0.5) is 10.1 Å². The first-order valence-corrected chi connectivity index (χ1v) is 6.86. The van der Waals surface area contributed by atoms with Gasteiger partial charge in [0.1, 0.15) is 5.82 Å². The Morgan fingerprint density at radius 2 is 1.75 bits per heavy atom. The van der Waals surface area contributed by atoms with Crippen LogP contribution < -0.4 is 4.90 Å². The zero-order chi connectivity index (χ0) is 14.3. The first-order chi connectivity index (χ1) is 9.56. The Balaban J connectivity index is 2.02. The molecule has 0 aromatic heterocycles. The molecule has 1 heterocycles. The molecule has 1 N–H and O–H groups in total.